The number of pyridine rings is 1. The number of nitrogens with zero attached hydrogens (tertiary/aromatic N) is 4. The Hall–Kier alpha value is -2.54. The van der Waals surface area contributed by atoms with Gasteiger partial charge in [0.15, 0.2) is 5.82 Å². The average Bonchev–Trinajstić information content (AvgIpc) is 2.87. The molecule has 2 aromatic heterocycles. The Bertz CT molecular complexity index is 783. The maximum Gasteiger partial charge on any atom is 0.208 e. The van der Waals surface area contributed by atoms with Crippen LogP contribution in [0.2, 0.25) is 0 Å². The van der Waals surface area contributed by atoms with Gasteiger partial charge in [-0.1, -0.05) is 18.3 Å². The quantitative estimate of drug-likeness (QED) is 0.680. The second-order valence-corrected chi connectivity index (χ2v) is 4.36. The molecule has 3 rings (SSSR count). The van der Waals surface area contributed by atoms with Gasteiger partial charge in [0.2, 0.25) is 5.82 Å². The Morgan fingerprint density at radius 1 is 1.26 bits per heavy atom. The first-order chi connectivity index (χ1) is 9.15. The van der Waals surface area contributed by atoms with Gasteiger partial charge in [-0.2, -0.15) is 0 Å². The molecular weight excluding hydrogens is 262 g/mol. The van der Waals surface area contributed by atoms with E-state index in [0.29, 0.717) is 5.82 Å². The van der Waals surface area contributed by atoms with Crippen molar-refractivity contribution in [1.29, 1.82) is 0 Å². The van der Waals surface area contributed by atoms with Crippen LogP contribution >= 0.6 is 12.2 Å². The number of aromatic hydroxyl groups is 1. The molecule has 0 radical (unpaired) electrons. The fourth-order valence-electron chi connectivity index (χ4n) is 1.80. The van der Waals surface area contributed by atoms with Crippen molar-refractivity contribution in [1.82, 2.24) is 19.7 Å². The molecular formula is C12H9N5OS. The molecule has 2 heterocycles. The maximum atomic E-state index is 9.58. The molecule has 0 bridgehead atoms. The van der Waals surface area contributed by atoms with Gasteiger partial charge in [-0.3, -0.25) is 0 Å². The lowest BCUT2D eigenvalue weighted by molar-refractivity contribution is 0.476. The molecule has 0 unspecified atom stereocenters. The first-order valence-corrected chi connectivity index (χ1v) is 5.85. The summed E-state index contributed by atoms with van der Waals surface area (Å²) in [6.07, 6.45) is 3.15. The second-order valence-electron chi connectivity index (χ2n) is 3.92. The third kappa shape index (κ3) is 2.00. The molecule has 94 valence electrons. The molecule has 0 aliphatic heterocycles. The molecule has 7 heteroatoms. The van der Waals surface area contributed by atoms with E-state index in [1.165, 1.54) is 11.0 Å². The minimum atomic E-state index is 0.127. The molecule has 0 aliphatic rings. The summed E-state index contributed by atoms with van der Waals surface area (Å²) < 4.78 is 1.48. The lowest BCUT2D eigenvalue weighted by atomic mass is 10.1. The van der Waals surface area contributed by atoms with E-state index in [1.807, 2.05) is 6.07 Å². The normalized spacial score (nSPS) is 10.7. The van der Waals surface area contributed by atoms with Crippen LogP contribution < -0.4 is 5.73 Å². The number of phenols is 1. The number of benzene rings is 1. The minimum Gasteiger partial charge on any atom is -0.508 e. The van der Waals surface area contributed by atoms with Crippen molar-refractivity contribution in [3.8, 4) is 11.6 Å². The Kier molecular flexibility index (Phi) is 2.60. The first kappa shape index (κ1) is 11.5. The number of fused-ring (bicyclic) bond motifs is 1. The van der Waals surface area contributed by atoms with Crippen molar-refractivity contribution >= 4 is 28.0 Å². The van der Waals surface area contributed by atoms with Crippen molar-refractivity contribution in [2.45, 2.75) is 0 Å². The van der Waals surface area contributed by atoms with E-state index in [4.69, 9.17) is 18.0 Å². The SMILES string of the molecule is NC(=S)c1ncn(-c2nccc3ccc(O)cc23)n1. The molecule has 0 atom stereocenters. The van der Waals surface area contributed by atoms with Crippen LogP contribution in [0.1, 0.15) is 5.82 Å². The van der Waals surface area contributed by atoms with Crippen LogP contribution in [0.4, 0.5) is 0 Å². The Labute approximate surface area is 113 Å². The van der Waals surface area contributed by atoms with Crippen molar-refractivity contribution < 1.29 is 5.11 Å². The van der Waals surface area contributed by atoms with Gasteiger partial charge in [-0.05, 0) is 23.6 Å². The number of rotatable bonds is 2. The van der Waals surface area contributed by atoms with Gasteiger partial charge >= 0.3 is 0 Å². The van der Waals surface area contributed by atoms with Crippen molar-refractivity contribution in [3.05, 3.63) is 42.6 Å². The second kappa shape index (κ2) is 4.29. The van der Waals surface area contributed by atoms with Gasteiger partial charge in [-0.15, -0.1) is 5.10 Å². The smallest absolute Gasteiger partial charge is 0.208 e. The molecule has 0 saturated heterocycles. The zero-order valence-electron chi connectivity index (χ0n) is 9.69. The molecule has 0 fully saturated rings. The van der Waals surface area contributed by atoms with Gasteiger partial charge in [-0.25, -0.2) is 14.6 Å². The van der Waals surface area contributed by atoms with E-state index in [9.17, 15) is 5.11 Å². The first-order valence-electron chi connectivity index (χ1n) is 5.45. The van der Waals surface area contributed by atoms with E-state index in [1.54, 1.807) is 24.4 Å². The van der Waals surface area contributed by atoms with Crippen molar-refractivity contribution in [3.63, 3.8) is 0 Å². The zero-order valence-corrected chi connectivity index (χ0v) is 10.5. The third-order valence-corrected chi connectivity index (χ3v) is 2.84. The minimum absolute atomic E-state index is 0.127. The van der Waals surface area contributed by atoms with Gasteiger partial charge in [0.05, 0.1) is 0 Å². The highest BCUT2D eigenvalue weighted by Crippen LogP contribution is 2.23. The zero-order chi connectivity index (χ0) is 13.4. The van der Waals surface area contributed by atoms with Crippen LogP contribution in [0.15, 0.2) is 36.8 Å². The van der Waals surface area contributed by atoms with Crippen LogP contribution in [0.25, 0.3) is 16.6 Å². The Morgan fingerprint density at radius 3 is 2.84 bits per heavy atom. The number of hydrogen-bond acceptors (Lipinski definition) is 5. The summed E-state index contributed by atoms with van der Waals surface area (Å²) in [4.78, 5) is 8.39. The molecule has 0 spiro atoms. The van der Waals surface area contributed by atoms with E-state index < -0.39 is 0 Å². The number of hydrogen-bond donors (Lipinski definition) is 2. The van der Waals surface area contributed by atoms with Crippen LogP contribution in [-0.2, 0) is 0 Å². The highest BCUT2D eigenvalue weighted by Gasteiger charge is 2.09. The van der Waals surface area contributed by atoms with Crippen molar-refractivity contribution in [2.75, 3.05) is 0 Å². The van der Waals surface area contributed by atoms with E-state index >= 15 is 0 Å². The molecule has 3 aromatic rings. The summed E-state index contributed by atoms with van der Waals surface area (Å²) in [5.74, 6) is 1.01. The lowest BCUT2D eigenvalue weighted by Gasteiger charge is -2.05. The Morgan fingerprint density at radius 2 is 2.11 bits per heavy atom. The average molecular weight is 271 g/mol. The molecule has 0 aliphatic carbocycles. The van der Waals surface area contributed by atoms with Crippen molar-refractivity contribution in [2.24, 2.45) is 5.73 Å². The van der Waals surface area contributed by atoms with Gasteiger partial charge in [0.25, 0.3) is 0 Å². The molecule has 6 nitrogen and oxygen atoms in total. The summed E-state index contributed by atoms with van der Waals surface area (Å²) >= 11 is 4.82. The van der Waals surface area contributed by atoms with E-state index in [-0.39, 0.29) is 16.6 Å². The van der Waals surface area contributed by atoms with Crippen LogP contribution in [0, 0.1) is 0 Å². The standard InChI is InChI=1S/C12H9N5OS/c13-10(19)11-15-6-17(16-11)12-9-5-8(18)2-1-7(9)3-4-14-12/h1-6,18H,(H2,13,19). The van der Waals surface area contributed by atoms with Crippen LogP contribution in [0.5, 0.6) is 5.75 Å². The third-order valence-electron chi connectivity index (χ3n) is 2.66. The van der Waals surface area contributed by atoms with Crippen LogP contribution in [-0.4, -0.2) is 29.8 Å². The molecule has 0 amide bonds. The number of aromatic nitrogens is 4. The largest absolute Gasteiger partial charge is 0.508 e. The highest BCUT2D eigenvalue weighted by atomic mass is 32.1. The highest BCUT2D eigenvalue weighted by molar-refractivity contribution is 7.80. The number of phenolic OH excluding ortho intramolecular Hbond substituents is 1. The summed E-state index contributed by atoms with van der Waals surface area (Å²) in [6.45, 7) is 0. The maximum absolute atomic E-state index is 9.58. The summed E-state index contributed by atoms with van der Waals surface area (Å²) in [5.41, 5.74) is 5.47. The summed E-state index contributed by atoms with van der Waals surface area (Å²) in [5, 5.41) is 15.4. The molecule has 19 heavy (non-hydrogen) atoms. The fraction of sp³-hybridized carbons (Fsp3) is 0. The summed E-state index contributed by atoms with van der Waals surface area (Å²) in [7, 11) is 0. The molecule has 3 N–H and O–H groups in total. The molecule has 1 aromatic carbocycles. The van der Waals surface area contributed by atoms with Gasteiger partial charge in [0, 0.05) is 11.6 Å². The topological polar surface area (TPSA) is 89.8 Å². The van der Waals surface area contributed by atoms with Crippen LogP contribution in [0.3, 0.4) is 0 Å². The van der Waals surface area contributed by atoms with E-state index in [2.05, 4.69) is 15.1 Å². The molecule has 0 saturated carbocycles. The number of nitrogens with two attached hydrogens (primary N) is 1. The lowest BCUT2D eigenvalue weighted by Crippen LogP contribution is -2.12. The monoisotopic (exact) mass is 271 g/mol. The van der Waals surface area contributed by atoms with Gasteiger partial charge in [0.1, 0.15) is 17.1 Å². The Balaban J connectivity index is 2.23. The predicted octanol–water partition coefficient (Wildman–Crippen LogP) is 1.16. The van der Waals surface area contributed by atoms with Gasteiger partial charge < -0.3 is 10.8 Å². The fourth-order valence-corrected chi connectivity index (χ4v) is 1.90. The van der Waals surface area contributed by atoms with E-state index in [0.717, 1.165) is 10.8 Å². The number of thiocarbonyl (C=S) groups is 1. The predicted molar refractivity (Wildman–Crippen MR) is 74.2 cm³/mol. The summed E-state index contributed by atoms with van der Waals surface area (Å²) in [6, 6.07) is 6.90.